The van der Waals surface area contributed by atoms with Crippen molar-refractivity contribution in [3.05, 3.63) is 0 Å². The fraction of sp³-hybridized carbons (Fsp3) is 0.889. The topological polar surface area (TPSA) is 29.1 Å². The van der Waals surface area contributed by atoms with Gasteiger partial charge in [0.05, 0.1) is 5.54 Å². The Hall–Kier alpha value is -0.440. The number of carbonyl (C=O) groups excluding carboxylic acids is 1. The van der Waals surface area contributed by atoms with E-state index in [4.69, 9.17) is 0 Å². The summed E-state index contributed by atoms with van der Waals surface area (Å²) < 4.78 is 13.3. The van der Waals surface area contributed by atoms with Crippen LogP contribution in [0, 0.1) is 0 Å². The van der Waals surface area contributed by atoms with E-state index in [1.165, 1.54) is 0 Å². The van der Waals surface area contributed by atoms with Crippen molar-refractivity contribution in [1.29, 1.82) is 0 Å². The molecule has 1 aliphatic heterocycles. The van der Waals surface area contributed by atoms with Gasteiger partial charge < -0.3 is 5.32 Å². The van der Waals surface area contributed by atoms with Crippen LogP contribution in [-0.4, -0.2) is 23.0 Å². The minimum Gasteiger partial charge on any atom is -0.303 e. The van der Waals surface area contributed by atoms with Crippen molar-refractivity contribution in [1.82, 2.24) is 5.32 Å². The maximum Gasteiger partial charge on any atom is 0.176 e. The van der Waals surface area contributed by atoms with Crippen molar-refractivity contribution < 1.29 is 9.18 Å². The Morgan fingerprint density at radius 1 is 1.42 bits per heavy atom. The molecule has 0 radical (unpaired) electrons. The number of piperidine rings is 1. The zero-order valence-corrected chi connectivity index (χ0v) is 8.07. The summed E-state index contributed by atoms with van der Waals surface area (Å²) >= 11 is 0. The van der Waals surface area contributed by atoms with Gasteiger partial charge in [-0.05, 0) is 27.7 Å². The molecule has 1 saturated heterocycles. The van der Waals surface area contributed by atoms with Crippen molar-refractivity contribution in [3.8, 4) is 0 Å². The van der Waals surface area contributed by atoms with Crippen LogP contribution in [0.2, 0.25) is 0 Å². The summed E-state index contributed by atoms with van der Waals surface area (Å²) in [6, 6.07) is 0. The summed E-state index contributed by atoms with van der Waals surface area (Å²) in [5, 5.41) is 3.12. The standard InChI is InChI=1S/C9H16FNO/c1-8(2)5-6(12)7(10)9(3,4)11-8/h7,11H,5H2,1-4H3/t7-/m0/s1. The molecule has 0 aromatic carbocycles. The first-order valence-corrected chi connectivity index (χ1v) is 4.21. The quantitative estimate of drug-likeness (QED) is 0.600. The summed E-state index contributed by atoms with van der Waals surface area (Å²) in [6.45, 7) is 7.27. The van der Waals surface area contributed by atoms with Gasteiger partial charge in [-0.25, -0.2) is 4.39 Å². The summed E-state index contributed by atoms with van der Waals surface area (Å²) in [4.78, 5) is 11.2. The number of ketones is 1. The maximum absolute atomic E-state index is 13.3. The predicted molar refractivity (Wildman–Crippen MR) is 45.8 cm³/mol. The number of hydrogen-bond acceptors (Lipinski definition) is 2. The predicted octanol–water partition coefficient (Wildman–Crippen LogP) is 1.44. The normalized spacial score (nSPS) is 33.4. The van der Waals surface area contributed by atoms with Gasteiger partial charge in [0.15, 0.2) is 12.0 Å². The van der Waals surface area contributed by atoms with Crippen LogP contribution in [0.3, 0.4) is 0 Å². The number of alkyl halides is 1. The second-order valence-electron chi connectivity index (χ2n) is 4.74. The van der Waals surface area contributed by atoms with Crippen LogP contribution in [0.25, 0.3) is 0 Å². The third kappa shape index (κ3) is 1.66. The zero-order chi connectivity index (χ0) is 9.57. The van der Waals surface area contributed by atoms with E-state index in [-0.39, 0.29) is 17.7 Å². The lowest BCUT2D eigenvalue weighted by Gasteiger charge is -2.43. The van der Waals surface area contributed by atoms with Crippen LogP contribution in [0.4, 0.5) is 4.39 Å². The SMILES string of the molecule is CC1(C)CC(=O)[C@H](F)C(C)(C)N1. The fourth-order valence-corrected chi connectivity index (χ4v) is 1.91. The van der Waals surface area contributed by atoms with E-state index in [2.05, 4.69) is 5.32 Å². The molecule has 0 spiro atoms. The van der Waals surface area contributed by atoms with Gasteiger partial charge in [-0.15, -0.1) is 0 Å². The van der Waals surface area contributed by atoms with Gasteiger partial charge in [0.25, 0.3) is 0 Å². The first-order valence-electron chi connectivity index (χ1n) is 4.21. The Labute approximate surface area is 72.5 Å². The highest BCUT2D eigenvalue weighted by Gasteiger charge is 2.45. The maximum atomic E-state index is 13.3. The third-order valence-corrected chi connectivity index (χ3v) is 2.19. The summed E-state index contributed by atoms with van der Waals surface area (Å²) in [7, 11) is 0. The van der Waals surface area contributed by atoms with Gasteiger partial charge >= 0.3 is 0 Å². The van der Waals surface area contributed by atoms with Crippen molar-refractivity contribution in [3.63, 3.8) is 0 Å². The monoisotopic (exact) mass is 173 g/mol. The Kier molecular flexibility index (Phi) is 2.03. The van der Waals surface area contributed by atoms with E-state index in [1.807, 2.05) is 13.8 Å². The largest absolute Gasteiger partial charge is 0.303 e. The van der Waals surface area contributed by atoms with Gasteiger partial charge in [0.1, 0.15) is 0 Å². The fourth-order valence-electron chi connectivity index (χ4n) is 1.91. The first kappa shape index (κ1) is 9.65. The molecule has 3 heteroatoms. The highest BCUT2D eigenvalue weighted by Crippen LogP contribution is 2.27. The van der Waals surface area contributed by atoms with Gasteiger partial charge in [-0.1, -0.05) is 0 Å². The Morgan fingerprint density at radius 3 is 2.33 bits per heavy atom. The lowest BCUT2D eigenvalue weighted by Crippen LogP contribution is -2.64. The van der Waals surface area contributed by atoms with Crippen LogP contribution >= 0.6 is 0 Å². The number of Topliss-reactive ketones (excluding diaryl/α,β-unsaturated/α-hetero) is 1. The summed E-state index contributed by atoms with van der Waals surface area (Å²) in [5.41, 5.74) is -0.998. The van der Waals surface area contributed by atoms with E-state index in [9.17, 15) is 9.18 Å². The van der Waals surface area contributed by atoms with E-state index < -0.39 is 11.7 Å². The molecule has 1 rings (SSSR count). The molecule has 0 aromatic heterocycles. The number of hydrogen-bond donors (Lipinski definition) is 1. The molecule has 0 aromatic rings. The molecule has 1 fully saturated rings. The van der Waals surface area contributed by atoms with Crippen LogP contribution in [-0.2, 0) is 4.79 Å². The molecule has 2 nitrogen and oxygen atoms in total. The average Bonchev–Trinajstić information content (AvgIpc) is 1.79. The molecular weight excluding hydrogens is 157 g/mol. The van der Waals surface area contributed by atoms with Crippen molar-refractivity contribution >= 4 is 5.78 Å². The minimum absolute atomic E-state index is 0.275. The minimum atomic E-state index is -1.37. The third-order valence-electron chi connectivity index (χ3n) is 2.19. The lowest BCUT2D eigenvalue weighted by molar-refractivity contribution is -0.131. The molecule has 1 heterocycles. The molecule has 70 valence electrons. The number of nitrogens with one attached hydrogen (secondary N) is 1. The number of halogens is 1. The number of carbonyl (C=O) groups is 1. The molecule has 0 saturated carbocycles. The average molecular weight is 173 g/mol. The van der Waals surface area contributed by atoms with E-state index in [1.54, 1.807) is 13.8 Å². The first-order chi connectivity index (χ1) is 5.25. The highest BCUT2D eigenvalue weighted by atomic mass is 19.1. The second-order valence-corrected chi connectivity index (χ2v) is 4.74. The summed E-state index contributed by atoms with van der Waals surface area (Å²) in [6.07, 6.45) is -1.09. The van der Waals surface area contributed by atoms with Gasteiger partial charge in [-0.3, -0.25) is 4.79 Å². The molecule has 1 N–H and O–H groups in total. The highest BCUT2D eigenvalue weighted by molar-refractivity contribution is 5.86. The molecule has 0 aliphatic carbocycles. The van der Waals surface area contributed by atoms with Crippen LogP contribution in [0.1, 0.15) is 34.1 Å². The van der Waals surface area contributed by atoms with E-state index in [0.29, 0.717) is 0 Å². The Balaban J connectivity index is 2.87. The van der Waals surface area contributed by atoms with Crippen LogP contribution in [0.15, 0.2) is 0 Å². The van der Waals surface area contributed by atoms with Crippen molar-refractivity contribution in [2.45, 2.75) is 51.4 Å². The molecule has 12 heavy (non-hydrogen) atoms. The van der Waals surface area contributed by atoms with Gasteiger partial charge in [0.2, 0.25) is 0 Å². The summed E-state index contributed by atoms with van der Waals surface area (Å²) in [5.74, 6) is -0.288. The molecule has 1 aliphatic rings. The van der Waals surface area contributed by atoms with E-state index >= 15 is 0 Å². The Bertz CT molecular complexity index is 211. The molecular formula is C9H16FNO. The van der Waals surface area contributed by atoms with Crippen molar-refractivity contribution in [2.24, 2.45) is 0 Å². The Morgan fingerprint density at radius 2 is 1.92 bits per heavy atom. The lowest BCUT2D eigenvalue weighted by atomic mass is 9.80. The molecule has 0 amide bonds. The molecule has 0 unspecified atom stereocenters. The number of rotatable bonds is 0. The second kappa shape index (κ2) is 2.52. The smallest absolute Gasteiger partial charge is 0.176 e. The van der Waals surface area contributed by atoms with Crippen LogP contribution in [0.5, 0.6) is 0 Å². The molecule has 1 atom stereocenters. The van der Waals surface area contributed by atoms with E-state index in [0.717, 1.165) is 0 Å². The van der Waals surface area contributed by atoms with Crippen molar-refractivity contribution in [2.75, 3.05) is 0 Å². The van der Waals surface area contributed by atoms with Crippen LogP contribution < -0.4 is 5.32 Å². The van der Waals surface area contributed by atoms with Gasteiger partial charge in [0, 0.05) is 12.0 Å². The molecule has 0 bridgehead atoms. The van der Waals surface area contributed by atoms with Gasteiger partial charge in [-0.2, -0.15) is 0 Å². The zero-order valence-electron chi connectivity index (χ0n) is 8.07.